The van der Waals surface area contributed by atoms with Crippen LogP contribution < -0.4 is 9.80 Å². The molecule has 0 amide bonds. The molecule has 0 atom stereocenters. The van der Waals surface area contributed by atoms with Crippen LogP contribution in [0.25, 0.3) is 0 Å². The Kier molecular flexibility index (Phi) is 5.71. The second-order valence-corrected chi connectivity index (χ2v) is 7.20. The molecule has 2 saturated heterocycles. The molecule has 2 fully saturated rings. The van der Waals surface area contributed by atoms with Gasteiger partial charge in [-0.15, -0.1) is 0 Å². The lowest BCUT2D eigenvalue weighted by molar-refractivity contribution is 0.122. The van der Waals surface area contributed by atoms with E-state index in [1.807, 2.05) is 0 Å². The van der Waals surface area contributed by atoms with E-state index in [1.165, 1.54) is 6.07 Å². The van der Waals surface area contributed by atoms with Crippen molar-refractivity contribution in [1.82, 2.24) is 14.9 Å². The van der Waals surface area contributed by atoms with Crippen molar-refractivity contribution >= 4 is 23.2 Å². The Morgan fingerprint density at radius 3 is 2.30 bits per heavy atom. The summed E-state index contributed by atoms with van der Waals surface area (Å²) < 4.78 is 19.4. The molecular weight excluding hydrogens is 369 g/mol. The molecule has 27 heavy (non-hydrogen) atoms. The van der Waals surface area contributed by atoms with Crippen LogP contribution in [0, 0.1) is 5.82 Å². The van der Waals surface area contributed by atoms with Gasteiger partial charge in [0.1, 0.15) is 23.8 Å². The van der Waals surface area contributed by atoms with E-state index < -0.39 is 0 Å². The molecule has 1 aromatic carbocycles. The third-order valence-electron chi connectivity index (χ3n) is 5.11. The first kappa shape index (κ1) is 18.4. The number of rotatable bonds is 4. The van der Waals surface area contributed by atoms with E-state index >= 15 is 0 Å². The molecule has 0 aliphatic carbocycles. The quantitative estimate of drug-likeness (QED) is 0.797. The number of anilines is 2. The molecule has 2 aromatic rings. The van der Waals surface area contributed by atoms with Gasteiger partial charge in [-0.05, 0) is 12.1 Å². The molecule has 0 radical (unpaired) electrons. The average Bonchev–Trinajstić information content (AvgIpc) is 2.72. The van der Waals surface area contributed by atoms with Crippen LogP contribution in [0.5, 0.6) is 0 Å². The lowest BCUT2D eigenvalue weighted by atomic mass is 10.2. The molecule has 2 aliphatic rings. The van der Waals surface area contributed by atoms with Gasteiger partial charge in [-0.2, -0.15) is 0 Å². The van der Waals surface area contributed by atoms with Crippen LogP contribution >= 0.6 is 11.6 Å². The summed E-state index contributed by atoms with van der Waals surface area (Å²) in [5.41, 5.74) is 0.573. The molecule has 6 nitrogen and oxygen atoms in total. The third-order valence-corrected chi connectivity index (χ3v) is 5.47. The summed E-state index contributed by atoms with van der Waals surface area (Å²) in [7, 11) is 0. The number of hydrogen-bond acceptors (Lipinski definition) is 6. The molecule has 144 valence electrons. The molecule has 0 spiro atoms. The average molecular weight is 392 g/mol. The van der Waals surface area contributed by atoms with Gasteiger partial charge in [0.15, 0.2) is 0 Å². The van der Waals surface area contributed by atoms with Crippen LogP contribution in [0.1, 0.15) is 5.56 Å². The van der Waals surface area contributed by atoms with Gasteiger partial charge in [0.25, 0.3) is 0 Å². The Bertz CT molecular complexity index is 758. The van der Waals surface area contributed by atoms with Gasteiger partial charge < -0.3 is 14.5 Å². The van der Waals surface area contributed by atoms with Crippen LogP contribution in [-0.4, -0.2) is 67.4 Å². The van der Waals surface area contributed by atoms with Crippen molar-refractivity contribution in [2.75, 3.05) is 62.3 Å². The minimum atomic E-state index is -0.240. The highest BCUT2D eigenvalue weighted by molar-refractivity contribution is 6.31. The molecular formula is C19H23ClFN5O. The van der Waals surface area contributed by atoms with E-state index in [9.17, 15) is 4.39 Å². The predicted molar refractivity (Wildman–Crippen MR) is 104 cm³/mol. The lowest BCUT2D eigenvalue weighted by Gasteiger charge is -2.36. The second-order valence-electron chi connectivity index (χ2n) is 6.80. The fourth-order valence-electron chi connectivity index (χ4n) is 3.52. The number of nitrogens with zero attached hydrogens (tertiary/aromatic N) is 5. The molecule has 0 saturated carbocycles. The van der Waals surface area contributed by atoms with Gasteiger partial charge in [0, 0.05) is 62.5 Å². The monoisotopic (exact) mass is 391 g/mol. The van der Waals surface area contributed by atoms with E-state index in [4.69, 9.17) is 16.3 Å². The lowest BCUT2D eigenvalue weighted by Crippen LogP contribution is -2.46. The number of aromatic nitrogens is 2. The summed E-state index contributed by atoms with van der Waals surface area (Å²) in [5, 5.41) is 0.489. The Hall–Kier alpha value is -1.96. The molecule has 0 unspecified atom stereocenters. The van der Waals surface area contributed by atoms with Gasteiger partial charge >= 0.3 is 0 Å². The summed E-state index contributed by atoms with van der Waals surface area (Å²) in [4.78, 5) is 15.6. The van der Waals surface area contributed by atoms with Gasteiger partial charge in [-0.25, -0.2) is 14.4 Å². The fraction of sp³-hybridized carbons (Fsp3) is 0.474. The maximum Gasteiger partial charge on any atom is 0.134 e. The molecule has 0 bridgehead atoms. The highest BCUT2D eigenvalue weighted by Gasteiger charge is 2.21. The van der Waals surface area contributed by atoms with Crippen molar-refractivity contribution in [1.29, 1.82) is 0 Å². The molecule has 3 heterocycles. The zero-order valence-corrected chi connectivity index (χ0v) is 15.9. The Balaban J connectivity index is 1.38. The largest absolute Gasteiger partial charge is 0.378 e. The summed E-state index contributed by atoms with van der Waals surface area (Å²) in [5.74, 6) is 1.65. The Morgan fingerprint density at radius 2 is 1.63 bits per heavy atom. The smallest absolute Gasteiger partial charge is 0.134 e. The first-order valence-electron chi connectivity index (χ1n) is 9.25. The highest BCUT2D eigenvalue weighted by Crippen LogP contribution is 2.23. The minimum absolute atomic E-state index is 0.240. The third kappa shape index (κ3) is 4.31. The second kappa shape index (κ2) is 8.37. The summed E-state index contributed by atoms with van der Waals surface area (Å²) in [6.45, 7) is 7.05. The standard InChI is InChI=1S/C19H23ClFN5O/c20-16-2-1-3-17(21)15(16)13-24-4-6-25(7-5-24)18-12-19(23-14-22-18)26-8-10-27-11-9-26/h1-3,12,14H,4-11,13H2. The van der Waals surface area contributed by atoms with Crippen molar-refractivity contribution in [3.63, 3.8) is 0 Å². The van der Waals surface area contributed by atoms with Gasteiger partial charge in [0.05, 0.1) is 13.2 Å². The van der Waals surface area contributed by atoms with Crippen LogP contribution in [-0.2, 0) is 11.3 Å². The van der Waals surface area contributed by atoms with Crippen LogP contribution in [0.4, 0.5) is 16.0 Å². The van der Waals surface area contributed by atoms with Crippen molar-refractivity contribution in [3.8, 4) is 0 Å². The number of ether oxygens (including phenoxy) is 1. The SMILES string of the molecule is Fc1cccc(Cl)c1CN1CCN(c2cc(N3CCOCC3)ncn2)CC1. The first-order chi connectivity index (χ1) is 13.2. The first-order valence-corrected chi connectivity index (χ1v) is 9.63. The molecule has 0 N–H and O–H groups in total. The summed E-state index contributed by atoms with van der Waals surface area (Å²) >= 11 is 6.16. The molecule has 2 aliphatic heterocycles. The van der Waals surface area contributed by atoms with Crippen molar-refractivity contribution in [2.45, 2.75) is 6.54 Å². The van der Waals surface area contributed by atoms with Crippen LogP contribution in [0.3, 0.4) is 0 Å². The van der Waals surface area contributed by atoms with E-state index in [2.05, 4.69) is 30.7 Å². The van der Waals surface area contributed by atoms with Gasteiger partial charge in [-0.3, -0.25) is 4.90 Å². The maximum absolute atomic E-state index is 14.0. The van der Waals surface area contributed by atoms with Crippen LogP contribution in [0.15, 0.2) is 30.6 Å². The van der Waals surface area contributed by atoms with Crippen molar-refractivity contribution in [2.24, 2.45) is 0 Å². The zero-order valence-electron chi connectivity index (χ0n) is 15.2. The zero-order chi connectivity index (χ0) is 18.6. The van der Waals surface area contributed by atoms with Crippen molar-refractivity contribution in [3.05, 3.63) is 47.0 Å². The Labute approximate surface area is 163 Å². The van der Waals surface area contributed by atoms with E-state index in [1.54, 1.807) is 18.5 Å². The number of morpholine rings is 1. The maximum atomic E-state index is 14.0. The normalized spacial score (nSPS) is 18.7. The molecule has 4 rings (SSSR count). The number of hydrogen-bond donors (Lipinski definition) is 0. The predicted octanol–water partition coefficient (Wildman–Crippen LogP) is 2.43. The van der Waals surface area contributed by atoms with Gasteiger partial charge in [-0.1, -0.05) is 17.7 Å². The number of benzene rings is 1. The Morgan fingerprint density at radius 1 is 0.963 bits per heavy atom. The molecule has 1 aromatic heterocycles. The van der Waals surface area contributed by atoms with Crippen LogP contribution in [0.2, 0.25) is 5.02 Å². The summed E-state index contributed by atoms with van der Waals surface area (Å²) in [6.07, 6.45) is 1.63. The number of halogens is 2. The minimum Gasteiger partial charge on any atom is -0.378 e. The fourth-order valence-corrected chi connectivity index (χ4v) is 3.74. The highest BCUT2D eigenvalue weighted by atomic mass is 35.5. The number of piperazine rings is 1. The summed E-state index contributed by atoms with van der Waals surface area (Å²) in [6, 6.07) is 6.89. The van der Waals surface area contributed by atoms with Crippen molar-refractivity contribution < 1.29 is 9.13 Å². The van der Waals surface area contributed by atoms with E-state index in [-0.39, 0.29) is 5.82 Å². The van der Waals surface area contributed by atoms with E-state index in [0.717, 1.165) is 64.1 Å². The topological polar surface area (TPSA) is 44.7 Å². The molecule has 8 heteroatoms. The van der Waals surface area contributed by atoms with E-state index in [0.29, 0.717) is 17.1 Å². The van der Waals surface area contributed by atoms with Gasteiger partial charge in [0.2, 0.25) is 0 Å².